The van der Waals surface area contributed by atoms with E-state index in [1.165, 1.54) is 30.0 Å². The molecule has 0 saturated carbocycles. The maximum absolute atomic E-state index is 13.3. The summed E-state index contributed by atoms with van der Waals surface area (Å²) >= 11 is 6.76. The molecule has 0 N–H and O–H groups in total. The molecule has 0 unspecified atom stereocenters. The fourth-order valence-electron chi connectivity index (χ4n) is 3.69. The highest BCUT2D eigenvalue weighted by molar-refractivity contribution is 8.24. The molecular weight excluding hydrogens is 482 g/mol. The number of alkyl halides is 3. The van der Waals surface area contributed by atoms with Gasteiger partial charge in [0.2, 0.25) is 0 Å². The van der Waals surface area contributed by atoms with Crippen LogP contribution >= 0.6 is 24.0 Å². The number of thiocarbonyl (C=S) groups is 1. The molecule has 4 rings (SSSR count). The zero-order valence-corrected chi connectivity index (χ0v) is 18.9. The average molecular weight is 500 g/mol. The van der Waals surface area contributed by atoms with Crippen LogP contribution in [0.2, 0.25) is 0 Å². The normalized spacial score (nSPS) is 18.2. The van der Waals surface area contributed by atoms with Gasteiger partial charge in [0, 0.05) is 6.54 Å². The third-order valence-electron chi connectivity index (χ3n) is 5.16. The SMILES string of the molecule is CC1(C)SC(=S)N(Cc2ccc(F)cc2)[C@@H]1n1oc(=O)n(-c2cccc(C(F)(F)F)c2)c1=O. The predicted octanol–water partition coefficient (Wildman–Crippen LogP) is 4.56. The Labute approximate surface area is 194 Å². The number of halogens is 4. The summed E-state index contributed by atoms with van der Waals surface area (Å²) in [5.74, 6) is -1.53. The molecule has 0 radical (unpaired) electrons. The molecule has 174 valence electrons. The largest absolute Gasteiger partial charge is 0.447 e. The van der Waals surface area contributed by atoms with E-state index in [0.717, 1.165) is 16.9 Å². The van der Waals surface area contributed by atoms with Gasteiger partial charge >= 0.3 is 17.6 Å². The van der Waals surface area contributed by atoms with E-state index in [0.29, 0.717) is 20.5 Å². The summed E-state index contributed by atoms with van der Waals surface area (Å²) in [4.78, 5) is 27.4. The van der Waals surface area contributed by atoms with Gasteiger partial charge in [0.1, 0.15) is 10.1 Å². The van der Waals surface area contributed by atoms with Crippen LogP contribution in [0.4, 0.5) is 17.6 Å². The topological polar surface area (TPSA) is 60.4 Å². The Morgan fingerprint density at radius 2 is 1.79 bits per heavy atom. The van der Waals surface area contributed by atoms with Gasteiger partial charge < -0.3 is 9.42 Å². The van der Waals surface area contributed by atoms with E-state index >= 15 is 0 Å². The van der Waals surface area contributed by atoms with Crippen LogP contribution in [0.3, 0.4) is 0 Å². The molecular formula is C21H17F4N3O3S2. The van der Waals surface area contributed by atoms with Crippen LogP contribution < -0.4 is 11.4 Å². The lowest BCUT2D eigenvalue weighted by molar-refractivity contribution is -0.137. The Hall–Kier alpha value is -2.86. The van der Waals surface area contributed by atoms with Crippen molar-refractivity contribution >= 4 is 28.3 Å². The molecule has 1 aliphatic rings. The van der Waals surface area contributed by atoms with Crippen LogP contribution in [0, 0.1) is 5.82 Å². The number of hydrogen-bond donors (Lipinski definition) is 0. The van der Waals surface area contributed by atoms with Crippen LogP contribution in [-0.4, -0.2) is 23.3 Å². The number of rotatable bonds is 4. The molecule has 0 spiro atoms. The van der Waals surface area contributed by atoms with Crippen molar-refractivity contribution in [3.63, 3.8) is 0 Å². The molecule has 2 heterocycles. The lowest BCUT2D eigenvalue weighted by Crippen LogP contribution is -2.42. The van der Waals surface area contributed by atoms with Crippen molar-refractivity contribution in [3.05, 3.63) is 86.5 Å². The Balaban J connectivity index is 1.79. The third-order valence-corrected chi connectivity index (χ3v) is 6.79. The van der Waals surface area contributed by atoms with E-state index in [-0.39, 0.29) is 12.2 Å². The highest BCUT2D eigenvalue weighted by Crippen LogP contribution is 2.47. The van der Waals surface area contributed by atoms with Crippen LogP contribution in [-0.2, 0) is 12.7 Å². The number of benzene rings is 2. The summed E-state index contributed by atoms with van der Waals surface area (Å²) in [7, 11) is 0. The number of aromatic nitrogens is 2. The van der Waals surface area contributed by atoms with Crippen molar-refractivity contribution in [2.24, 2.45) is 0 Å². The molecule has 1 fully saturated rings. The smallest absolute Gasteiger partial charge is 0.328 e. The molecule has 2 aromatic carbocycles. The van der Waals surface area contributed by atoms with Crippen molar-refractivity contribution < 1.29 is 22.1 Å². The van der Waals surface area contributed by atoms with E-state index < -0.39 is 39.9 Å². The molecule has 3 aromatic rings. The highest BCUT2D eigenvalue weighted by atomic mass is 32.2. The first kappa shape index (κ1) is 23.3. The molecule has 0 bridgehead atoms. The minimum Gasteiger partial charge on any atom is -0.328 e. The Morgan fingerprint density at radius 3 is 2.42 bits per heavy atom. The number of nitrogens with zero attached hydrogens (tertiary/aromatic N) is 3. The maximum atomic E-state index is 13.3. The van der Waals surface area contributed by atoms with Gasteiger partial charge in [0.25, 0.3) is 0 Å². The highest BCUT2D eigenvalue weighted by Gasteiger charge is 2.48. The van der Waals surface area contributed by atoms with Gasteiger partial charge in [-0.1, -0.05) is 42.2 Å². The summed E-state index contributed by atoms with van der Waals surface area (Å²) < 4.78 is 59.0. The monoisotopic (exact) mass is 499 g/mol. The minimum absolute atomic E-state index is 0.200. The second-order valence-corrected chi connectivity index (χ2v) is 10.2. The van der Waals surface area contributed by atoms with Gasteiger partial charge in [-0.25, -0.2) is 14.0 Å². The molecule has 6 nitrogen and oxygen atoms in total. The Morgan fingerprint density at radius 1 is 1.12 bits per heavy atom. The fraction of sp³-hybridized carbons (Fsp3) is 0.286. The van der Waals surface area contributed by atoms with Crippen LogP contribution in [0.5, 0.6) is 0 Å². The summed E-state index contributed by atoms with van der Waals surface area (Å²) in [6, 6.07) is 9.58. The second kappa shape index (κ2) is 8.17. The van der Waals surface area contributed by atoms with Gasteiger partial charge in [-0.3, -0.25) is 0 Å². The van der Waals surface area contributed by atoms with E-state index in [1.807, 2.05) is 0 Å². The lowest BCUT2D eigenvalue weighted by Gasteiger charge is -2.30. The summed E-state index contributed by atoms with van der Waals surface area (Å²) in [6.07, 6.45) is -5.50. The minimum atomic E-state index is -4.65. The molecule has 1 saturated heterocycles. The van der Waals surface area contributed by atoms with Crippen molar-refractivity contribution in [2.45, 2.75) is 37.5 Å². The van der Waals surface area contributed by atoms with Crippen LogP contribution in [0.15, 0.2) is 62.6 Å². The van der Waals surface area contributed by atoms with Crippen molar-refractivity contribution in [3.8, 4) is 5.69 Å². The Kier molecular flexibility index (Phi) is 5.77. The lowest BCUT2D eigenvalue weighted by atomic mass is 10.1. The molecule has 12 heteroatoms. The molecule has 1 atom stereocenters. The van der Waals surface area contributed by atoms with Crippen molar-refractivity contribution in [1.82, 2.24) is 14.2 Å². The summed E-state index contributed by atoms with van der Waals surface area (Å²) in [6.45, 7) is 3.80. The standard InChI is InChI=1S/C21H17F4N3O3S2/c1-20(2)16(26(19(32)33-20)11-12-6-8-14(22)9-7-12)28-17(29)27(18(30)31-28)15-5-3-4-13(10-15)21(23,24)25/h3-10,16H,11H2,1-2H3/t16-/m1/s1. The van der Waals surface area contributed by atoms with Gasteiger partial charge in [-0.2, -0.15) is 17.7 Å². The maximum Gasteiger partial charge on any atom is 0.447 e. The Bertz CT molecular complexity index is 1330. The summed E-state index contributed by atoms with van der Waals surface area (Å²) in [5, 5.41) is 0. The first-order chi connectivity index (χ1) is 15.4. The van der Waals surface area contributed by atoms with Gasteiger partial charge in [0.15, 0.2) is 6.17 Å². The molecule has 33 heavy (non-hydrogen) atoms. The molecule has 1 aromatic heterocycles. The van der Waals surface area contributed by atoms with E-state index in [4.69, 9.17) is 16.7 Å². The molecule has 0 amide bonds. The summed E-state index contributed by atoms with van der Waals surface area (Å²) in [5.41, 5.74) is -1.50. The van der Waals surface area contributed by atoms with Gasteiger partial charge in [-0.05, 0) is 49.7 Å². The van der Waals surface area contributed by atoms with Crippen LogP contribution in [0.25, 0.3) is 5.69 Å². The van der Waals surface area contributed by atoms with Gasteiger partial charge in [0.05, 0.1) is 16.0 Å². The zero-order valence-electron chi connectivity index (χ0n) is 17.3. The third kappa shape index (κ3) is 4.36. The van der Waals surface area contributed by atoms with Crippen molar-refractivity contribution in [2.75, 3.05) is 0 Å². The van der Waals surface area contributed by atoms with E-state index in [2.05, 4.69) is 0 Å². The number of thioether (sulfide) groups is 1. The zero-order chi connectivity index (χ0) is 24.1. The first-order valence-corrected chi connectivity index (χ1v) is 10.9. The number of hydrogen-bond acceptors (Lipinski definition) is 5. The van der Waals surface area contributed by atoms with E-state index in [9.17, 15) is 27.2 Å². The second-order valence-electron chi connectivity index (χ2n) is 7.95. The quantitative estimate of drug-likeness (QED) is 0.388. The van der Waals surface area contributed by atoms with Gasteiger partial charge in [-0.15, -0.1) is 4.74 Å². The molecule has 0 aliphatic carbocycles. The fourth-order valence-corrected chi connectivity index (χ4v) is 5.56. The first-order valence-electron chi connectivity index (χ1n) is 9.65. The van der Waals surface area contributed by atoms with Crippen LogP contribution in [0.1, 0.15) is 31.1 Å². The average Bonchev–Trinajstić information content (AvgIpc) is 3.13. The van der Waals surface area contributed by atoms with E-state index in [1.54, 1.807) is 30.9 Å². The predicted molar refractivity (Wildman–Crippen MR) is 119 cm³/mol. The van der Waals surface area contributed by atoms with Crippen molar-refractivity contribution in [1.29, 1.82) is 0 Å². The molecule has 1 aliphatic heterocycles.